The summed E-state index contributed by atoms with van der Waals surface area (Å²) < 4.78 is 38.5. The van der Waals surface area contributed by atoms with Crippen molar-refractivity contribution in [2.24, 2.45) is 5.41 Å². The summed E-state index contributed by atoms with van der Waals surface area (Å²) in [4.78, 5) is 15.0. The highest BCUT2D eigenvalue weighted by Crippen LogP contribution is 2.57. The highest BCUT2D eigenvalue weighted by atomic mass is 19.4. The molecule has 1 amide bonds. The van der Waals surface area contributed by atoms with Crippen LogP contribution in [0.3, 0.4) is 0 Å². The molecule has 2 bridgehead atoms. The van der Waals surface area contributed by atoms with Gasteiger partial charge in [-0.15, -0.1) is 0 Å². The molecule has 0 spiro atoms. The van der Waals surface area contributed by atoms with Gasteiger partial charge in [-0.25, -0.2) is 4.79 Å². The number of hydrogen-bond donors (Lipinski definition) is 3. The molecule has 1 heterocycles. The third kappa shape index (κ3) is 4.08. The number of carbonyl (C=O) groups is 1. The van der Waals surface area contributed by atoms with E-state index < -0.39 is 17.8 Å². The van der Waals surface area contributed by atoms with Gasteiger partial charge in [-0.1, -0.05) is 6.07 Å². The van der Waals surface area contributed by atoms with Crippen LogP contribution in [0.2, 0.25) is 0 Å². The second-order valence-corrected chi connectivity index (χ2v) is 8.57. The molecule has 3 aliphatic rings. The fraction of sp³-hybridized carbons (Fsp3) is 0.455. The van der Waals surface area contributed by atoms with Gasteiger partial charge in [0.2, 0.25) is 0 Å². The van der Waals surface area contributed by atoms with Crippen LogP contribution in [0, 0.1) is 5.41 Å². The molecule has 0 unspecified atom stereocenters. The van der Waals surface area contributed by atoms with E-state index in [1.54, 1.807) is 24.3 Å². The van der Waals surface area contributed by atoms with Crippen molar-refractivity contribution in [2.75, 3.05) is 17.2 Å². The van der Waals surface area contributed by atoms with Crippen molar-refractivity contribution >= 4 is 17.5 Å². The summed E-state index contributed by atoms with van der Waals surface area (Å²) in [5, 5.41) is 14.7. The molecule has 2 aromatic rings. The number of aromatic nitrogens is 1. The van der Waals surface area contributed by atoms with Gasteiger partial charge in [-0.05, 0) is 74.3 Å². The molecule has 0 aliphatic heterocycles. The van der Waals surface area contributed by atoms with E-state index in [0.717, 1.165) is 68.7 Å². The number of anilines is 2. The van der Waals surface area contributed by atoms with E-state index in [-0.39, 0.29) is 10.8 Å². The predicted molar refractivity (Wildman–Crippen MR) is 108 cm³/mol. The maximum atomic E-state index is 12.8. The van der Waals surface area contributed by atoms with Gasteiger partial charge >= 0.3 is 12.3 Å². The van der Waals surface area contributed by atoms with Crippen molar-refractivity contribution in [3.05, 3.63) is 53.9 Å². The molecule has 8 heteroatoms. The lowest BCUT2D eigenvalue weighted by Crippen LogP contribution is -2.47. The van der Waals surface area contributed by atoms with E-state index in [2.05, 4.69) is 15.6 Å². The number of nitrogens with one attached hydrogen (secondary N) is 2. The number of fused-ring (bicyclic) bond motifs is 3. The van der Waals surface area contributed by atoms with Crippen molar-refractivity contribution < 1.29 is 23.1 Å². The number of carboxylic acid groups (broad SMARTS) is 1. The lowest BCUT2D eigenvalue weighted by Gasteiger charge is -2.53. The smallest absolute Gasteiger partial charge is 0.417 e. The first-order chi connectivity index (χ1) is 14.2. The van der Waals surface area contributed by atoms with E-state index in [1.165, 1.54) is 0 Å². The second-order valence-electron chi connectivity index (χ2n) is 8.57. The van der Waals surface area contributed by atoms with Gasteiger partial charge < -0.3 is 10.4 Å². The molecule has 3 fully saturated rings. The Kier molecular flexibility index (Phi) is 5.11. The maximum Gasteiger partial charge on any atom is 0.417 e. The van der Waals surface area contributed by atoms with E-state index >= 15 is 0 Å². The van der Waals surface area contributed by atoms with E-state index in [9.17, 15) is 18.0 Å². The van der Waals surface area contributed by atoms with Gasteiger partial charge in [0, 0.05) is 35.2 Å². The minimum atomic E-state index is -4.36. The van der Waals surface area contributed by atoms with Crippen molar-refractivity contribution in [3.8, 4) is 0 Å². The van der Waals surface area contributed by atoms with E-state index in [1.807, 2.05) is 6.07 Å². The number of hydrogen-bond acceptors (Lipinski definition) is 3. The third-order valence-corrected chi connectivity index (χ3v) is 6.82. The first kappa shape index (κ1) is 20.5. The Bertz CT molecular complexity index is 903. The zero-order valence-corrected chi connectivity index (χ0v) is 16.4. The van der Waals surface area contributed by atoms with Gasteiger partial charge in [0.15, 0.2) is 0 Å². The molecule has 3 aliphatic carbocycles. The largest absolute Gasteiger partial charge is 0.465 e. The van der Waals surface area contributed by atoms with Gasteiger partial charge in [0.25, 0.3) is 0 Å². The van der Waals surface area contributed by atoms with Gasteiger partial charge in [0.1, 0.15) is 0 Å². The Morgan fingerprint density at radius 2 is 1.70 bits per heavy atom. The molecule has 1 aromatic heterocycles. The maximum absolute atomic E-state index is 12.8. The zero-order valence-electron chi connectivity index (χ0n) is 16.4. The van der Waals surface area contributed by atoms with Crippen LogP contribution in [0.1, 0.15) is 49.8 Å². The number of alkyl halides is 3. The molecule has 1 aromatic carbocycles. The average molecular weight is 419 g/mol. The normalized spacial score (nSPS) is 25.7. The molecule has 160 valence electrons. The van der Waals surface area contributed by atoms with Crippen molar-refractivity contribution in [3.63, 3.8) is 0 Å². The average Bonchev–Trinajstić information content (AvgIpc) is 2.73. The van der Waals surface area contributed by atoms with Gasteiger partial charge in [-0.2, -0.15) is 13.2 Å². The van der Waals surface area contributed by atoms with Crippen LogP contribution in [0.4, 0.5) is 29.3 Å². The van der Waals surface area contributed by atoms with Crippen molar-refractivity contribution in [1.82, 2.24) is 4.98 Å². The first-order valence-corrected chi connectivity index (χ1v) is 10.1. The molecule has 5 rings (SSSR count). The summed E-state index contributed by atoms with van der Waals surface area (Å²) in [7, 11) is 0. The molecule has 0 saturated heterocycles. The highest BCUT2D eigenvalue weighted by Gasteiger charge is 2.50. The number of halogens is 3. The molecular weight excluding hydrogens is 395 g/mol. The Hall–Kier alpha value is -2.77. The highest BCUT2D eigenvalue weighted by molar-refractivity contribution is 5.83. The fourth-order valence-electron chi connectivity index (χ4n) is 4.91. The molecule has 30 heavy (non-hydrogen) atoms. The Morgan fingerprint density at radius 3 is 2.27 bits per heavy atom. The summed E-state index contributed by atoms with van der Waals surface area (Å²) >= 11 is 0. The van der Waals surface area contributed by atoms with Crippen LogP contribution >= 0.6 is 0 Å². The molecule has 0 atom stereocenters. The quantitative estimate of drug-likeness (QED) is 0.565. The van der Waals surface area contributed by atoms with E-state index in [4.69, 9.17) is 5.11 Å². The lowest BCUT2D eigenvalue weighted by molar-refractivity contribution is -0.137. The second kappa shape index (κ2) is 7.49. The van der Waals surface area contributed by atoms with Crippen LogP contribution in [0.15, 0.2) is 42.6 Å². The molecular formula is C22H24F3N3O2. The molecule has 5 nitrogen and oxygen atoms in total. The SMILES string of the molecule is O=C(O)Nc1cccc(NCC23CCC(c4ccc(C(F)(F)F)cn4)(CC2)CC3)c1. The summed E-state index contributed by atoms with van der Waals surface area (Å²) in [6.45, 7) is 0.792. The standard InChI is InChI=1S/C22H24F3N3O2/c23-22(24,25)15-4-5-18(26-13-15)21-9-6-20(7-10-21,8-11-21)14-27-16-2-1-3-17(12-16)28-19(29)30/h1-5,12-13,27-28H,6-11,14H2,(H,29,30). The lowest BCUT2D eigenvalue weighted by atomic mass is 9.52. The topological polar surface area (TPSA) is 74.2 Å². The minimum absolute atomic E-state index is 0.114. The summed E-state index contributed by atoms with van der Waals surface area (Å²) in [6, 6.07) is 9.88. The van der Waals surface area contributed by atoms with Crippen LogP contribution < -0.4 is 10.6 Å². The number of amides is 1. The van der Waals surface area contributed by atoms with Gasteiger partial charge in [-0.3, -0.25) is 10.3 Å². The number of nitrogens with zero attached hydrogens (tertiary/aromatic N) is 1. The van der Waals surface area contributed by atoms with Crippen LogP contribution in [0.25, 0.3) is 0 Å². The zero-order chi connectivity index (χ0) is 21.4. The number of rotatable bonds is 5. The first-order valence-electron chi connectivity index (χ1n) is 10.1. The summed E-state index contributed by atoms with van der Waals surface area (Å²) in [5.74, 6) is 0. The Labute approximate surface area is 172 Å². The number of benzene rings is 1. The van der Waals surface area contributed by atoms with Crippen LogP contribution in [-0.2, 0) is 11.6 Å². The van der Waals surface area contributed by atoms with Crippen LogP contribution in [0.5, 0.6) is 0 Å². The molecule has 0 radical (unpaired) electrons. The number of pyridine rings is 1. The fourth-order valence-corrected chi connectivity index (χ4v) is 4.91. The third-order valence-electron chi connectivity index (χ3n) is 6.82. The van der Waals surface area contributed by atoms with Gasteiger partial charge in [0.05, 0.1) is 5.56 Å². The molecule has 3 N–H and O–H groups in total. The van der Waals surface area contributed by atoms with Crippen molar-refractivity contribution in [2.45, 2.75) is 50.1 Å². The monoisotopic (exact) mass is 419 g/mol. The summed E-state index contributed by atoms with van der Waals surface area (Å²) in [5.41, 5.74) is 1.50. The Morgan fingerprint density at radius 1 is 1.03 bits per heavy atom. The molecule has 3 saturated carbocycles. The Balaban J connectivity index is 1.39. The summed E-state index contributed by atoms with van der Waals surface area (Å²) in [6.07, 6.45) is 1.26. The van der Waals surface area contributed by atoms with E-state index in [0.29, 0.717) is 5.69 Å². The predicted octanol–water partition coefficient (Wildman–Crippen LogP) is 5.89. The minimum Gasteiger partial charge on any atom is -0.465 e. The van der Waals surface area contributed by atoms with Crippen LogP contribution in [-0.4, -0.2) is 22.7 Å². The van der Waals surface area contributed by atoms with Crippen molar-refractivity contribution in [1.29, 1.82) is 0 Å².